The van der Waals surface area contributed by atoms with Gasteiger partial charge in [0.1, 0.15) is 0 Å². The second-order valence-corrected chi connectivity index (χ2v) is 9.39. The van der Waals surface area contributed by atoms with E-state index in [2.05, 4.69) is 60.7 Å². The van der Waals surface area contributed by atoms with Crippen LogP contribution in [0.25, 0.3) is 65.7 Å². The summed E-state index contributed by atoms with van der Waals surface area (Å²) >= 11 is 0. The number of hydrogen-bond donors (Lipinski definition) is 2. The van der Waals surface area contributed by atoms with Crippen molar-refractivity contribution in [2.45, 2.75) is 0 Å². The molecule has 0 saturated heterocycles. The van der Waals surface area contributed by atoms with Crippen molar-refractivity contribution in [1.82, 2.24) is 0 Å². The molecule has 0 saturated carbocycles. The molecule has 0 unspecified atom stereocenters. The highest BCUT2D eigenvalue weighted by Crippen LogP contribution is 2.47. The third-order valence-corrected chi connectivity index (χ3v) is 7.29. The number of para-hydroxylation sites is 1. The van der Waals surface area contributed by atoms with E-state index in [1.165, 1.54) is 16.3 Å². The summed E-state index contributed by atoms with van der Waals surface area (Å²) in [5.41, 5.74) is 4.93. The van der Waals surface area contributed by atoms with Crippen LogP contribution in [0.15, 0.2) is 133 Å². The molecule has 7 rings (SSSR count). The maximum Gasteiger partial charge on any atom is 0.165 e. The molecule has 0 bridgehead atoms. The monoisotopic (exact) mass is 491 g/mol. The van der Waals surface area contributed by atoms with Gasteiger partial charge in [-0.1, -0.05) is 127 Å². The summed E-state index contributed by atoms with van der Waals surface area (Å²) < 4.78 is 24.9. The third-order valence-electron chi connectivity index (χ3n) is 7.29. The molecule has 0 atom stereocenters. The summed E-state index contributed by atoms with van der Waals surface area (Å²) in [5.74, 6) is -1.25. The minimum absolute atomic E-state index is 0.0498. The Morgan fingerprint density at radius 2 is 0.974 bits per heavy atom. The van der Waals surface area contributed by atoms with Crippen LogP contribution in [-0.4, -0.2) is 10.2 Å². The highest BCUT2D eigenvalue weighted by Gasteiger charge is 2.19. The van der Waals surface area contributed by atoms with Gasteiger partial charge in [-0.2, -0.15) is 0 Å². The fraction of sp³-hybridized carbons (Fsp3) is 0. The Kier molecular flexibility index (Phi) is 4.42. The molecule has 0 aromatic heterocycles. The molecule has 7 aromatic carbocycles. The number of benzene rings is 7. The summed E-state index contributed by atoms with van der Waals surface area (Å²) in [6.45, 7) is 0. The SMILES string of the molecule is [2H]c1c([2H])c(O)c(O)c(-c2c3ccccc3c(-c3ccc(-c4cccc5ccccc45)cc3)c3ccccc23)c1[2H]. The van der Waals surface area contributed by atoms with Gasteiger partial charge < -0.3 is 10.2 Å². The molecule has 0 aliphatic heterocycles. The van der Waals surface area contributed by atoms with Crippen LogP contribution in [0.5, 0.6) is 11.5 Å². The Balaban J connectivity index is 1.51. The largest absolute Gasteiger partial charge is 0.504 e. The van der Waals surface area contributed by atoms with Crippen LogP contribution in [0.1, 0.15) is 4.11 Å². The molecule has 0 aliphatic rings. The number of hydrogen-bond acceptors (Lipinski definition) is 2. The van der Waals surface area contributed by atoms with Gasteiger partial charge in [-0.15, -0.1) is 0 Å². The summed E-state index contributed by atoms with van der Waals surface area (Å²) in [4.78, 5) is 0. The van der Waals surface area contributed by atoms with E-state index in [4.69, 9.17) is 4.11 Å². The van der Waals surface area contributed by atoms with Crippen molar-refractivity contribution in [1.29, 1.82) is 0 Å². The predicted octanol–water partition coefficient (Wildman–Crippen LogP) is 9.56. The lowest BCUT2D eigenvalue weighted by atomic mass is 9.85. The molecule has 38 heavy (non-hydrogen) atoms. The molecular formula is C36H24O2. The third kappa shape index (κ3) is 3.42. The number of fused-ring (bicyclic) bond motifs is 3. The summed E-state index contributed by atoms with van der Waals surface area (Å²) in [5, 5.41) is 27.2. The fourth-order valence-corrected chi connectivity index (χ4v) is 5.57. The van der Waals surface area contributed by atoms with Gasteiger partial charge in [0.25, 0.3) is 0 Å². The molecule has 0 amide bonds. The standard InChI is InChI=1S/C36H24O2/c37-33-18-8-17-32(36(33)38)35-30-14-5-3-12-28(30)34(29-13-4-6-15-31(29)35)25-21-19-24(20-22-25)27-16-7-10-23-9-1-2-11-26(23)27/h1-22,37-38H/i8D,17D,18D. The smallest absolute Gasteiger partial charge is 0.165 e. The first-order valence-electron chi connectivity index (χ1n) is 14.0. The second kappa shape index (κ2) is 8.79. The van der Waals surface area contributed by atoms with Crippen molar-refractivity contribution in [3.63, 3.8) is 0 Å². The average Bonchev–Trinajstić information content (AvgIpc) is 3.02. The molecule has 0 fully saturated rings. The van der Waals surface area contributed by atoms with Gasteiger partial charge in [0.05, 0.1) is 4.11 Å². The molecular weight excluding hydrogens is 464 g/mol. The number of phenols is 2. The van der Waals surface area contributed by atoms with Crippen molar-refractivity contribution in [2.75, 3.05) is 0 Å². The van der Waals surface area contributed by atoms with Crippen molar-refractivity contribution in [3.05, 3.63) is 133 Å². The number of rotatable bonds is 3. The highest BCUT2D eigenvalue weighted by molar-refractivity contribution is 6.22. The zero-order chi connectivity index (χ0) is 28.2. The Morgan fingerprint density at radius 1 is 0.447 bits per heavy atom. The lowest BCUT2D eigenvalue weighted by Gasteiger charge is -2.18. The lowest BCUT2D eigenvalue weighted by Crippen LogP contribution is -1.91. The minimum Gasteiger partial charge on any atom is -0.504 e. The summed E-state index contributed by atoms with van der Waals surface area (Å²) in [6, 6.07) is 37.5. The minimum atomic E-state index is -0.692. The van der Waals surface area contributed by atoms with E-state index < -0.39 is 23.6 Å². The molecule has 0 heterocycles. The summed E-state index contributed by atoms with van der Waals surface area (Å²) in [7, 11) is 0. The van der Waals surface area contributed by atoms with Crippen molar-refractivity contribution in [3.8, 4) is 44.9 Å². The predicted molar refractivity (Wildman–Crippen MR) is 159 cm³/mol. The Morgan fingerprint density at radius 3 is 1.63 bits per heavy atom. The lowest BCUT2D eigenvalue weighted by molar-refractivity contribution is 0.405. The van der Waals surface area contributed by atoms with E-state index in [-0.39, 0.29) is 11.6 Å². The fourth-order valence-electron chi connectivity index (χ4n) is 5.57. The van der Waals surface area contributed by atoms with E-state index in [0.717, 1.165) is 38.2 Å². The van der Waals surface area contributed by atoms with Crippen LogP contribution in [0.2, 0.25) is 0 Å². The van der Waals surface area contributed by atoms with Crippen LogP contribution in [0.4, 0.5) is 0 Å². The molecule has 7 aromatic rings. The molecule has 0 aliphatic carbocycles. The van der Waals surface area contributed by atoms with Gasteiger partial charge in [-0.3, -0.25) is 0 Å². The maximum atomic E-state index is 11.0. The molecule has 180 valence electrons. The van der Waals surface area contributed by atoms with Crippen LogP contribution < -0.4 is 0 Å². The molecule has 2 heteroatoms. The van der Waals surface area contributed by atoms with E-state index in [0.29, 0.717) is 5.56 Å². The van der Waals surface area contributed by atoms with Gasteiger partial charge in [0.2, 0.25) is 0 Å². The normalized spacial score (nSPS) is 12.5. The Labute approximate surface area is 224 Å². The highest BCUT2D eigenvalue weighted by atomic mass is 16.3. The van der Waals surface area contributed by atoms with Crippen molar-refractivity contribution < 1.29 is 14.3 Å². The van der Waals surface area contributed by atoms with Crippen molar-refractivity contribution in [2.24, 2.45) is 0 Å². The van der Waals surface area contributed by atoms with E-state index in [1.54, 1.807) is 0 Å². The molecule has 0 spiro atoms. The van der Waals surface area contributed by atoms with Gasteiger partial charge in [0.15, 0.2) is 11.5 Å². The Hall–Kier alpha value is -5.08. The first kappa shape index (κ1) is 19.1. The van der Waals surface area contributed by atoms with Gasteiger partial charge in [-0.25, -0.2) is 0 Å². The van der Waals surface area contributed by atoms with E-state index in [1.807, 2.05) is 54.6 Å². The quantitative estimate of drug-likeness (QED) is 0.191. The topological polar surface area (TPSA) is 40.5 Å². The first-order valence-corrected chi connectivity index (χ1v) is 12.5. The van der Waals surface area contributed by atoms with E-state index in [9.17, 15) is 10.2 Å². The molecule has 2 nitrogen and oxygen atoms in total. The van der Waals surface area contributed by atoms with Gasteiger partial charge >= 0.3 is 0 Å². The zero-order valence-electron chi connectivity index (χ0n) is 23.4. The number of phenolic OH excluding ortho intramolecular Hbond substituents is 2. The average molecular weight is 492 g/mol. The molecule has 2 N–H and O–H groups in total. The van der Waals surface area contributed by atoms with Crippen LogP contribution in [0.3, 0.4) is 0 Å². The number of aromatic hydroxyl groups is 2. The zero-order valence-corrected chi connectivity index (χ0v) is 20.4. The van der Waals surface area contributed by atoms with E-state index >= 15 is 0 Å². The Bertz CT molecular complexity index is 2060. The maximum absolute atomic E-state index is 11.0. The van der Waals surface area contributed by atoms with Crippen LogP contribution in [0, 0.1) is 0 Å². The van der Waals surface area contributed by atoms with Gasteiger partial charge in [-0.05, 0) is 60.6 Å². The van der Waals surface area contributed by atoms with Gasteiger partial charge in [0, 0.05) is 11.1 Å². The summed E-state index contributed by atoms with van der Waals surface area (Å²) in [6.07, 6.45) is 0. The van der Waals surface area contributed by atoms with Crippen molar-refractivity contribution >= 4 is 32.3 Å². The second-order valence-electron chi connectivity index (χ2n) is 9.39. The van der Waals surface area contributed by atoms with Crippen LogP contribution >= 0.6 is 0 Å². The first-order chi connectivity index (χ1) is 20.0. The van der Waals surface area contributed by atoms with Crippen LogP contribution in [-0.2, 0) is 0 Å². The molecule has 0 radical (unpaired) electrons.